The van der Waals surface area contributed by atoms with E-state index in [1.165, 1.54) is 6.07 Å². The molecule has 0 N–H and O–H groups in total. The van der Waals surface area contributed by atoms with E-state index in [1.54, 1.807) is 30.1 Å². The Morgan fingerprint density at radius 1 is 1.00 bits per heavy atom. The van der Waals surface area contributed by atoms with Gasteiger partial charge in [0.1, 0.15) is 11.5 Å². The maximum absolute atomic E-state index is 14.0. The lowest BCUT2D eigenvalue weighted by molar-refractivity contribution is 0.400. The number of benzene rings is 2. The number of rotatable bonds is 5. The van der Waals surface area contributed by atoms with E-state index in [1.807, 2.05) is 55.6 Å². The van der Waals surface area contributed by atoms with Gasteiger partial charge in [-0.3, -0.25) is 4.98 Å². The van der Waals surface area contributed by atoms with Gasteiger partial charge >= 0.3 is 0 Å². The van der Waals surface area contributed by atoms with Crippen LogP contribution in [0.3, 0.4) is 0 Å². The molecule has 0 unspecified atom stereocenters. The number of aryl methyl sites for hydroxylation is 1. The molecule has 3 aromatic heterocycles. The summed E-state index contributed by atoms with van der Waals surface area (Å²) < 4.78 is 21.2. The summed E-state index contributed by atoms with van der Waals surface area (Å²) in [6.07, 6.45) is 3.51. The Morgan fingerprint density at radius 2 is 1.88 bits per heavy atom. The Kier molecular flexibility index (Phi) is 5.07. The van der Waals surface area contributed by atoms with Crippen LogP contribution in [0.25, 0.3) is 33.3 Å². The Hall–Kier alpha value is -4.13. The second kappa shape index (κ2) is 8.19. The van der Waals surface area contributed by atoms with Gasteiger partial charge in [-0.25, -0.2) is 14.1 Å². The number of fused-ring (bicyclic) bond motifs is 1. The molecular weight excluding hydrogens is 405 g/mol. The van der Waals surface area contributed by atoms with Crippen molar-refractivity contribution in [2.45, 2.75) is 13.5 Å². The number of halogens is 1. The van der Waals surface area contributed by atoms with Crippen LogP contribution in [0.4, 0.5) is 4.39 Å². The first-order valence-corrected chi connectivity index (χ1v) is 10.2. The summed E-state index contributed by atoms with van der Waals surface area (Å²) in [5.74, 6) is 0.264. The summed E-state index contributed by atoms with van der Waals surface area (Å²) in [6.45, 7) is 2.27. The molecule has 0 bridgehead atoms. The molecule has 0 amide bonds. The van der Waals surface area contributed by atoms with E-state index in [-0.39, 0.29) is 5.82 Å². The molecule has 0 aliphatic carbocycles. The molecule has 2 aromatic carbocycles. The first-order chi connectivity index (χ1) is 15.6. The quantitative estimate of drug-likeness (QED) is 0.394. The van der Waals surface area contributed by atoms with Crippen LogP contribution in [0.1, 0.15) is 11.3 Å². The van der Waals surface area contributed by atoms with E-state index in [0.717, 1.165) is 33.3 Å². The molecule has 0 atom stereocenters. The van der Waals surface area contributed by atoms with Crippen molar-refractivity contribution < 1.29 is 9.13 Å². The van der Waals surface area contributed by atoms with E-state index in [2.05, 4.69) is 15.3 Å². The zero-order valence-corrected chi connectivity index (χ0v) is 17.7. The van der Waals surface area contributed by atoms with Crippen molar-refractivity contribution in [2.75, 3.05) is 7.11 Å². The van der Waals surface area contributed by atoms with Crippen LogP contribution in [-0.4, -0.2) is 32.1 Å². The van der Waals surface area contributed by atoms with Crippen LogP contribution < -0.4 is 4.74 Å². The molecule has 5 rings (SSSR count). The predicted molar refractivity (Wildman–Crippen MR) is 121 cm³/mol. The van der Waals surface area contributed by atoms with Crippen molar-refractivity contribution in [3.05, 3.63) is 90.1 Å². The lowest BCUT2D eigenvalue weighted by atomic mass is 9.98. The second-order valence-corrected chi connectivity index (χ2v) is 7.50. The average molecular weight is 425 g/mol. The predicted octanol–water partition coefficient (Wildman–Crippen LogP) is 5.06. The average Bonchev–Trinajstić information content (AvgIpc) is 3.28. The third-order valence-corrected chi connectivity index (χ3v) is 5.31. The maximum Gasteiger partial charge on any atom is 0.221 e. The van der Waals surface area contributed by atoms with E-state index >= 15 is 0 Å². The molecule has 7 heteroatoms. The number of aromatic nitrogens is 5. The van der Waals surface area contributed by atoms with Crippen LogP contribution in [0.5, 0.6) is 5.88 Å². The highest BCUT2D eigenvalue weighted by Gasteiger charge is 2.15. The van der Waals surface area contributed by atoms with Crippen molar-refractivity contribution in [3.63, 3.8) is 0 Å². The van der Waals surface area contributed by atoms with Crippen molar-refractivity contribution in [3.8, 4) is 28.3 Å². The summed E-state index contributed by atoms with van der Waals surface area (Å²) in [5.41, 5.74) is 5.65. The van der Waals surface area contributed by atoms with Crippen LogP contribution >= 0.6 is 0 Å². The molecule has 158 valence electrons. The molecule has 0 spiro atoms. The van der Waals surface area contributed by atoms with Crippen LogP contribution in [-0.2, 0) is 6.54 Å². The highest BCUT2D eigenvalue weighted by Crippen LogP contribution is 2.36. The molecule has 0 fully saturated rings. The molecule has 0 aliphatic heterocycles. The third kappa shape index (κ3) is 3.69. The second-order valence-electron chi connectivity index (χ2n) is 7.50. The third-order valence-electron chi connectivity index (χ3n) is 5.31. The van der Waals surface area contributed by atoms with Gasteiger partial charge in [-0.15, -0.1) is 5.10 Å². The smallest absolute Gasteiger partial charge is 0.221 e. The van der Waals surface area contributed by atoms with Gasteiger partial charge in [-0.1, -0.05) is 29.5 Å². The fourth-order valence-electron chi connectivity index (χ4n) is 3.75. The van der Waals surface area contributed by atoms with Crippen LogP contribution in [0.15, 0.2) is 73.1 Å². The Labute approximate surface area is 184 Å². The summed E-state index contributed by atoms with van der Waals surface area (Å²) >= 11 is 0. The fourth-order valence-corrected chi connectivity index (χ4v) is 3.75. The molecule has 32 heavy (non-hydrogen) atoms. The minimum absolute atomic E-state index is 0.261. The molecule has 5 aromatic rings. The Morgan fingerprint density at radius 3 is 2.72 bits per heavy atom. The van der Waals surface area contributed by atoms with Crippen molar-refractivity contribution in [1.82, 2.24) is 25.0 Å². The highest BCUT2D eigenvalue weighted by molar-refractivity contribution is 5.98. The zero-order valence-electron chi connectivity index (χ0n) is 17.7. The normalized spacial score (nSPS) is 11.1. The standard InChI is InChI=1S/C25H20FN5O/c1-16-9-10-17-12-19(13-21(24(17)28-16)20-7-5-11-27-25(20)32-2)23-15-31(30-29-23)14-18-6-3-4-8-22(18)26/h3-13,15H,14H2,1-2H3. The Bertz CT molecular complexity index is 1430. The van der Waals surface area contributed by atoms with E-state index < -0.39 is 0 Å². The van der Waals surface area contributed by atoms with Gasteiger partial charge in [0.05, 0.1) is 25.4 Å². The minimum atomic E-state index is -0.261. The molecule has 0 radical (unpaired) electrons. The molecule has 6 nitrogen and oxygen atoms in total. The number of hydrogen-bond donors (Lipinski definition) is 0. The van der Waals surface area contributed by atoms with Crippen molar-refractivity contribution >= 4 is 10.9 Å². The summed E-state index contributed by atoms with van der Waals surface area (Å²) in [7, 11) is 1.60. The van der Waals surface area contributed by atoms with Crippen molar-refractivity contribution in [2.24, 2.45) is 0 Å². The van der Waals surface area contributed by atoms with Gasteiger partial charge < -0.3 is 4.74 Å². The maximum atomic E-state index is 14.0. The first kappa shape index (κ1) is 19.8. The van der Waals surface area contributed by atoms with Crippen molar-refractivity contribution in [1.29, 1.82) is 0 Å². The number of methoxy groups -OCH3 is 1. The molecule has 0 aliphatic rings. The first-order valence-electron chi connectivity index (χ1n) is 10.2. The van der Waals surface area contributed by atoms with Gasteiger partial charge in [0.2, 0.25) is 5.88 Å². The van der Waals surface area contributed by atoms with E-state index in [0.29, 0.717) is 23.7 Å². The number of nitrogens with zero attached hydrogens (tertiary/aromatic N) is 5. The fraction of sp³-hybridized carbons (Fsp3) is 0.120. The van der Waals surface area contributed by atoms with Gasteiger partial charge in [0.25, 0.3) is 0 Å². The van der Waals surface area contributed by atoms with Gasteiger partial charge in [-0.2, -0.15) is 0 Å². The highest BCUT2D eigenvalue weighted by atomic mass is 19.1. The molecule has 0 saturated carbocycles. The van der Waals surface area contributed by atoms with Crippen LogP contribution in [0, 0.1) is 12.7 Å². The number of hydrogen-bond acceptors (Lipinski definition) is 5. The summed E-state index contributed by atoms with van der Waals surface area (Å²) in [6, 6.07) is 18.6. The summed E-state index contributed by atoms with van der Waals surface area (Å²) in [4.78, 5) is 9.11. The largest absolute Gasteiger partial charge is 0.481 e. The Balaban J connectivity index is 1.62. The van der Waals surface area contributed by atoms with E-state index in [4.69, 9.17) is 9.72 Å². The topological polar surface area (TPSA) is 65.7 Å². The number of pyridine rings is 2. The van der Waals surface area contributed by atoms with Gasteiger partial charge in [0.15, 0.2) is 0 Å². The summed E-state index contributed by atoms with van der Waals surface area (Å²) in [5, 5.41) is 9.51. The lowest BCUT2D eigenvalue weighted by Crippen LogP contribution is -2.02. The number of ether oxygens (including phenoxy) is 1. The molecule has 0 saturated heterocycles. The van der Waals surface area contributed by atoms with Gasteiger partial charge in [-0.05, 0) is 43.3 Å². The molecular formula is C25H20FN5O. The lowest BCUT2D eigenvalue weighted by Gasteiger charge is -2.12. The van der Waals surface area contributed by atoms with E-state index in [9.17, 15) is 4.39 Å². The van der Waals surface area contributed by atoms with Crippen LogP contribution in [0.2, 0.25) is 0 Å². The monoisotopic (exact) mass is 425 g/mol. The minimum Gasteiger partial charge on any atom is -0.481 e. The SMILES string of the molecule is COc1ncccc1-c1cc(-c2cn(Cc3ccccc3F)nn2)cc2ccc(C)nc12. The van der Waals surface area contributed by atoms with Gasteiger partial charge in [0, 0.05) is 39.5 Å². The zero-order chi connectivity index (χ0) is 22.1. The molecule has 3 heterocycles.